The van der Waals surface area contributed by atoms with E-state index in [2.05, 4.69) is 11.8 Å². The smallest absolute Gasteiger partial charge is 0.178 e. The summed E-state index contributed by atoms with van der Waals surface area (Å²) in [6, 6.07) is 7.47. The molecule has 2 aromatic rings. The first-order valence-electron chi connectivity index (χ1n) is 10.5. The zero-order valence-electron chi connectivity index (χ0n) is 16.9. The number of nitriles is 1. The van der Waals surface area contributed by atoms with Gasteiger partial charge >= 0.3 is 0 Å². The lowest BCUT2D eigenvalue weighted by atomic mass is 9.77. The molecule has 2 aliphatic rings. The van der Waals surface area contributed by atoms with Gasteiger partial charge in [-0.05, 0) is 79.3 Å². The van der Waals surface area contributed by atoms with E-state index < -0.39 is 33.7 Å². The molecule has 2 fully saturated rings. The molecule has 0 N–H and O–H groups in total. The summed E-state index contributed by atoms with van der Waals surface area (Å²) in [7, 11) is 0. The maximum atomic E-state index is 14.1. The summed E-state index contributed by atoms with van der Waals surface area (Å²) in [5, 5.41) is 9.96. The second kappa shape index (κ2) is 9.37. The van der Waals surface area contributed by atoms with Crippen LogP contribution in [0.1, 0.15) is 67.6 Å². The van der Waals surface area contributed by atoms with E-state index in [-0.39, 0.29) is 11.8 Å². The Morgan fingerprint density at radius 1 is 0.774 bits per heavy atom. The first kappa shape index (κ1) is 21.8. The molecule has 6 heteroatoms. The predicted octanol–water partition coefficient (Wildman–Crippen LogP) is 7.29. The number of benzene rings is 2. The molecular weight excluding hydrogens is 422 g/mol. The molecule has 2 aromatic carbocycles. The molecule has 0 heterocycles. The SMILES string of the molecule is N#CSc1c(F)c(F)c(C#Cc2ccc(C3CCC(CC4CC4)CC3)cc2)c(F)c1F. The fourth-order valence-corrected chi connectivity index (χ4v) is 4.84. The second-order valence-corrected chi connectivity index (χ2v) is 9.22. The Morgan fingerprint density at radius 2 is 1.32 bits per heavy atom. The van der Waals surface area contributed by atoms with Crippen molar-refractivity contribution in [2.75, 3.05) is 0 Å². The van der Waals surface area contributed by atoms with Crippen LogP contribution in [0.25, 0.3) is 0 Å². The molecule has 0 amide bonds. The molecule has 0 saturated heterocycles. The van der Waals surface area contributed by atoms with Gasteiger partial charge in [-0.2, -0.15) is 5.26 Å². The van der Waals surface area contributed by atoms with Gasteiger partial charge < -0.3 is 0 Å². The van der Waals surface area contributed by atoms with Crippen LogP contribution in [0.4, 0.5) is 17.6 Å². The van der Waals surface area contributed by atoms with Gasteiger partial charge in [0.1, 0.15) is 11.0 Å². The highest BCUT2D eigenvalue weighted by atomic mass is 32.2. The van der Waals surface area contributed by atoms with E-state index in [4.69, 9.17) is 5.26 Å². The van der Waals surface area contributed by atoms with Crippen molar-refractivity contribution in [3.63, 3.8) is 0 Å². The monoisotopic (exact) mass is 443 g/mol. The highest BCUT2D eigenvalue weighted by molar-refractivity contribution is 8.03. The summed E-state index contributed by atoms with van der Waals surface area (Å²) in [6.07, 6.45) is 9.05. The lowest BCUT2D eigenvalue weighted by Crippen LogP contribution is -2.13. The van der Waals surface area contributed by atoms with E-state index in [0.29, 0.717) is 11.5 Å². The highest BCUT2D eigenvalue weighted by Crippen LogP contribution is 2.43. The molecule has 0 aromatic heterocycles. The molecule has 0 aliphatic heterocycles. The van der Waals surface area contributed by atoms with Crippen LogP contribution in [0.3, 0.4) is 0 Å². The summed E-state index contributed by atoms with van der Waals surface area (Å²) >= 11 is 0.0283. The standard InChI is InChI=1S/C25H21F4NS/c26-21-20(22(27)24(29)25(23(21)28)31-14-30)12-7-15-3-8-18(9-4-15)19-10-5-17(6-11-19)13-16-1-2-16/h3-4,8-9,16-17,19H,1-2,5-6,10-11,13H2. The minimum absolute atomic E-state index is 0.0283. The van der Waals surface area contributed by atoms with Crippen molar-refractivity contribution >= 4 is 11.8 Å². The maximum Gasteiger partial charge on any atom is 0.178 e. The van der Waals surface area contributed by atoms with E-state index in [1.807, 2.05) is 12.1 Å². The molecular formula is C25H21F4NS. The third kappa shape index (κ3) is 4.91. The molecule has 4 rings (SSSR count). The largest absolute Gasteiger partial charge is 0.202 e. The fourth-order valence-electron chi connectivity index (χ4n) is 4.39. The summed E-state index contributed by atoms with van der Waals surface area (Å²) in [5.41, 5.74) is 0.749. The van der Waals surface area contributed by atoms with Crippen molar-refractivity contribution in [2.24, 2.45) is 11.8 Å². The zero-order valence-corrected chi connectivity index (χ0v) is 17.7. The van der Waals surface area contributed by atoms with Crippen LogP contribution >= 0.6 is 11.8 Å². The molecule has 160 valence electrons. The Bertz CT molecular complexity index is 1040. The number of thiocyanates is 1. The average Bonchev–Trinajstić information content (AvgIpc) is 3.60. The summed E-state index contributed by atoms with van der Waals surface area (Å²) in [4.78, 5) is -1.00. The van der Waals surface area contributed by atoms with Crippen LogP contribution in [-0.2, 0) is 0 Å². The van der Waals surface area contributed by atoms with Crippen LogP contribution in [0, 0.1) is 57.6 Å². The molecule has 0 bridgehead atoms. The molecule has 2 aliphatic carbocycles. The topological polar surface area (TPSA) is 23.8 Å². The average molecular weight is 444 g/mol. The Kier molecular flexibility index (Phi) is 6.58. The van der Waals surface area contributed by atoms with Gasteiger partial charge in [0.15, 0.2) is 23.3 Å². The lowest BCUT2D eigenvalue weighted by molar-refractivity contribution is 0.299. The van der Waals surface area contributed by atoms with Crippen molar-refractivity contribution in [2.45, 2.75) is 55.8 Å². The van der Waals surface area contributed by atoms with E-state index in [0.717, 1.165) is 11.8 Å². The molecule has 0 spiro atoms. The number of hydrogen-bond donors (Lipinski definition) is 0. The van der Waals surface area contributed by atoms with Crippen LogP contribution in [0.2, 0.25) is 0 Å². The van der Waals surface area contributed by atoms with Crippen molar-refractivity contribution in [3.8, 4) is 17.2 Å². The Morgan fingerprint density at radius 3 is 1.84 bits per heavy atom. The van der Waals surface area contributed by atoms with Gasteiger partial charge in [0.05, 0.1) is 4.90 Å². The second-order valence-electron chi connectivity index (χ2n) is 8.42. The maximum absolute atomic E-state index is 14.1. The number of nitrogens with zero attached hydrogens (tertiary/aromatic N) is 1. The number of halogens is 4. The Balaban J connectivity index is 1.46. The zero-order chi connectivity index (χ0) is 22.0. The molecule has 1 nitrogen and oxygen atoms in total. The van der Waals surface area contributed by atoms with Crippen molar-refractivity contribution < 1.29 is 17.6 Å². The van der Waals surface area contributed by atoms with Gasteiger partial charge in [0.25, 0.3) is 0 Å². The van der Waals surface area contributed by atoms with Gasteiger partial charge in [-0.25, -0.2) is 17.6 Å². The quantitative estimate of drug-likeness (QED) is 0.163. The molecule has 0 radical (unpaired) electrons. The third-order valence-electron chi connectivity index (χ3n) is 6.30. The molecule has 0 atom stereocenters. The number of thioether (sulfide) groups is 1. The third-order valence-corrected chi connectivity index (χ3v) is 6.95. The molecule has 0 unspecified atom stereocenters. The minimum atomic E-state index is -1.61. The fraction of sp³-hybridized carbons (Fsp3) is 0.400. The molecule has 31 heavy (non-hydrogen) atoms. The van der Waals surface area contributed by atoms with Gasteiger partial charge in [0, 0.05) is 5.56 Å². The lowest BCUT2D eigenvalue weighted by Gasteiger charge is -2.28. The van der Waals surface area contributed by atoms with E-state index in [1.54, 1.807) is 12.1 Å². The van der Waals surface area contributed by atoms with Crippen molar-refractivity contribution in [1.29, 1.82) is 5.26 Å². The van der Waals surface area contributed by atoms with Crippen molar-refractivity contribution in [3.05, 3.63) is 64.2 Å². The summed E-state index contributed by atoms with van der Waals surface area (Å²) in [5.74, 6) is 0.722. The number of rotatable bonds is 4. The molecule has 2 saturated carbocycles. The first-order valence-corrected chi connectivity index (χ1v) is 11.3. The van der Waals surface area contributed by atoms with Crippen LogP contribution < -0.4 is 0 Å². The van der Waals surface area contributed by atoms with Crippen LogP contribution in [0.15, 0.2) is 29.2 Å². The Labute approximate surface area is 183 Å². The minimum Gasteiger partial charge on any atom is -0.202 e. The van der Waals surface area contributed by atoms with Gasteiger partial charge in [-0.3, -0.25) is 0 Å². The normalized spacial score (nSPS) is 20.6. The van der Waals surface area contributed by atoms with Crippen LogP contribution in [-0.4, -0.2) is 0 Å². The van der Waals surface area contributed by atoms with E-state index in [1.165, 1.54) is 55.9 Å². The first-order chi connectivity index (χ1) is 15.0. The van der Waals surface area contributed by atoms with Crippen molar-refractivity contribution in [1.82, 2.24) is 0 Å². The Hall–Kier alpha value is -2.44. The summed E-state index contributed by atoms with van der Waals surface area (Å²) < 4.78 is 56.2. The van der Waals surface area contributed by atoms with Gasteiger partial charge in [0.2, 0.25) is 0 Å². The van der Waals surface area contributed by atoms with Crippen LogP contribution in [0.5, 0.6) is 0 Å². The predicted molar refractivity (Wildman–Crippen MR) is 112 cm³/mol. The summed E-state index contributed by atoms with van der Waals surface area (Å²) in [6.45, 7) is 0. The van der Waals surface area contributed by atoms with E-state index in [9.17, 15) is 17.6 Å². The van der Waals surface area contributed by atoms with E-state index >= 15 is 0 Å². The number of hydrogen-bond acceptors (Lipinski definition) is 2. The highest BCUT2D eigenvalue weighted by Gasteiger charge is 2.29. The van der Waals surface area contributed by atoms with Gasteiger partial charge in [-0.15, -0.1) is 0 Å². The van der Waals surface area contributed by atoms with Gasteiger partial charge in [-0.1, -0.05) is 36.8 Å².